The van der Waals surface area contributed by atoms with Crippen LogP contribution in [0.3, 0.4) is 0 Å². The Labute approximate surface area is 172 Å². The fraction of sp³-hybridized carbons (Fsp3) is 0.250. The van der Waals surface area contributed by atoms with E-state index in [2.05, 4.69) is 20.7 Å². The minimum atomic E-state index is -3.65. The summed E-state index contributed by atoms with van der Waals surface area (Å²) in [6.45, 7) is 1.90. The normalized spacial score (nSPS) is 12.8. The minimum Gasteiger partial charge on any atom is -0.459 e. The predicted octanol–water partition coefficient (Wildman–Crippen LogP) is 4.08. The number of rotatable bonds is 7. The Bertz CT molecular complexity index is 1040. The molecule has 1 unspecified atom stereocenters. The summed E-state index contributed by atoms with van der Waals surface area (Å²) >= 11 is 3.27. The molecule has 28 heavy (non-hydrogen) atoms. The zero-order chi connectivity index (χ0) is 20.3. The molecule has 0 aliphatic rings. The predicted molar refractivity (Wildman–Crippen MR) is 111 cm³/mol. The highest BCUT2D eigenvalue weighted by Crippen LogP contribution is 2.26. The quantitative estimate of drug-likeness (QED) is 0.570. The third-order valence-corrected chi connectivity index (χ3v) is 6.59. The first-order chi connectivity index (χ1) is 13.3. The van der Waals surface area contributed by atoms with E-state index < -0.39 is 10.0 Å². The van der Waals surface area contributed by atoms with Gasteiger partial charge in [-0.15, -0.1) is 0 Å². The Kier molecular flexibility index (Phi) is 6.22. The molecule has 3 aromatic rings. The average molecular weight is 465 g/mol. The van der Waals surface area contributed by atoms with E-state index in [1.165, 1.54) is 12.1 Å². The van der Waals surface area contributed by atoms with E-state index in [4.69, 9.17) is 4.42 Å². The van der Waals surface area contributed by atoms with Gasteiger partial charge in [-0.25, -0.2) is 13.1 Å². The van der Waals surface area contributed by atoms with Crippen molar-refractivity contribution >= 4 is 42.8 Å². The lowest BCUT2D eigenvalue weighted by molar-refractivity contribution is -0.131. The minimum absolute atomic E-state index is 0.0222. The van der Waals surface area contributed by atoms with Gasteiger partial charge in [-0.1, -0.05) is 34.1 Å². The van der Waals surface area contributed by atoms with E-state index >= 15 is 0 Å². The number of hydrogen-bond acceptors (Lipinski definition) is 4. The molecule has 0 aliphatic heterocycles. The SMILES string of the molecule is CC(c1cc2ccccc2o1)N(C)C(=O)CCNS(=O)(=O)c1ccc(Br)cc1. The number of nitrogens with zero attached hydrogens (tertiary/aromatic N) is 1. The van der Waals surface area contributed by atoms with Crippen molar-refractivity contribution in [1.82, 2.24) is 9.62 Å². The Hall–Kier alpha value is -2.16. The molecule has 0 spiro atoms. The third kappa shape index (κ3) is 4.63. The second-order valence-corrected chi connectivity index (χ2v) is 9.15. The molecule has 1 heterocycles. The summed E-state index contributed by atoms with van der Waals surface area (Å²) in [5.41, 5.74) is 0.771. The number of sulfonamides is 1. The van der Waals surface area contributed by atoms with Crippen LogP contribution < -0.4 is 4.72 Å². The fourth-order valence-electron chi connectivity index (χ4n) is 2.78. The van der Waals surface area contributed by atoms with Crippen molar-refractivity contribution in [3.63, 3.8) is 0 Å². The molecule has 1 N–H and O–H groups in total. The van der Waals surface area contributed by atoms with Crippen molar-refractivity contribution in [2.24, 2.45) is 0 Å². The molecule has 0 aliphatic carbocycles. The van der Waals surface area contributed by atoms with Gasteiger partial charge in [0.1, 0.15) is 11.3 Å². The Balaban J connectivity index is 1.58. The van der Waals surface area contributed by atoms with Crippen molar-refractivity contribution in [2.45, 2.75) is 24.3 Å². The maximum Gasteiger partial charge on any atom is 0.240 e. The number of fused-ring (bicyclic) bond motifs is 1. The van der Waals surface area contributed by atoms with Crippen molar-refractivity contribution in [1.29, 1.82) is 0 Å². The van der Waals surface area contributed by atoms with Crippen molar-refractivity contribution in [2.75, 3.05) is 13.6 Å². The molecule has 0 bridgehead atoms. The standard InChI is InChI=1S/C20H21BrN2O4S/c1-14(19-13-15-5-3-4-6-18(15)27-19)23(2)20(24)11-12-22-28(25,26)17-9-7-16(21)8-10-17/h3-10,13-14,22H,11-12H2,1-2H3. The van der Waals surface area contributed by atoms with Gasteiger partial charge in [-0.2, -0.15) is 0 Å². The second-order valence-electron chi connectivity index (χ2n) is 6.47. The summed E-state index contributed by atoms with van der Waals surface area (Å²) in [6, 6.07) is 15.6. The van der Waals surface area contributed by atoms with E-state index in [1.807, 2.05) is 37.3 Å². The van der Waals surface area contributed by atoms with Crippen molar-refractivity contribution in [3.8, 4) is 0 Å². The highest BCUT2D eigenvalue weighted by molar-refractivity contribution is 9.10. The van der Waals surface area contributed by atoms with Gasteiger partial charge in [-0.05, 0) is 43.3 Å². The number of carbonyl (C=O) groups excluding carboxylic acids is 1. The summed E-state index contributed by atoms with van der Waals surface area (Å²) < 4.78 is 33.6. The summed E-state index contributed by atoms with van der Waals surface area (Å²) in [5, 5.41) is 0.979. The van der Waals surface area contributed by atoms with Crippen molar-refractivity contribution in [3.05, 3.63) is 64.8 Å². The molecule has 0 fully saturated rings. The van der Waals surface area contributed by atoms with Crippen LogP contribution in [0.2, 0.25) is 0 Å². The first kappa shape index (κ1) is 20.6. The van der Waals surface area contributed by atoms with Crippen LogP contribution >= 0.6 is 15.9 Å². The first-order valence-electron chi connectivity index (χ1n) is 8.77. The lowest BCUT2D eigenvalue weighted by Crippen LogP contribution is -2.33. The van der Waals surface area contributed by atoms with Crippen LogP contribution in [0.4, 0.5) is 0 Å². The zero-order valence-electron chi connectivity index (χ0n) is 15.6. The average Bonchev–Trinajstić information content (AvgIpc) is 3.11. The van der Waals surface area contributed by atoms with Gasteiger partial charge >= 0.3 is 0 Å². The van der Waals surface area contributed by atoms with Gasteiger partial charge in [-0.3, -0.25) is 4.79 Å². The summed E-state index contributed by atoms with van der Waals surface area (Å²) in [4.78, 5) is 14.2. The van der Waals surface area contributed by atoms with E-state index in [1.54, 1.807) is 24.1 Å². The highest BCUT2D eigenvalue weighted by Gasteiger charge is 2.21. The molecule has 1 aromatic heterocycles. The molecule has 3 rings (SSSR count). The molecule has 2 aromatic carbocycles. The van der Waals surface area contributed by atoms with E-state index in [9.17, 15) is 13.2 Å². The van der Waals surface area contributed by atoms with E-state index in [0.717, 1.165) is 15.4 Å². The Morgan fingerprint density at radius 2 is 1.86 bits per heavy atom. The summed E-state index contributed by atoms with van der Waals surface area (Å²) in [7, 11) is -1.96. The van der Waals surface area contributed by atoms with Gasteiger partial charge < -0.3 is 9.32 Å². The number of benzene rings is 2. The van der Waals surface area contributed by atoms with Gasteiger partial charge in [0.25, 0.3) is 0 Å². The molecule has 0 radical (unpaired) electrons. The van der Waals surface area contributed by atoms with Crippen LogP contribution in [0.1, 0.15) is 25.1 Å². The number of furan rings is 1. The largest absolute Gasteiger partial charge is 0.459 e. The molecular formula is C20H21BrN2O4S. The number of hydrogen-bond donors (Lipinski definition) is 1. The number of amides is 1. The number of para-hydroxylation sites is 1. The molecule has 8 heteroatoms. The van der Waals surface area contributed by atoms with Gasteiger partial charge in [0.05, 0.1) is 10.9 Å². The number of halogens is 1. The second kappa shape index (κ2) is 8.46. The molecular weight excluding hydrogens is 444 g/mol. The van der Waals surface area contributed by atoms with Crippen LogP contribution in [0.25, 0.3) is 11.0 Å². The van der Waals surface area contributed by atoms with E-state index in [-0.39, 0.29) is 29.8 Å². The fourth-order valence-corrected chi connectivity index (χ4v) is 4.08. The Morgan fingerprint density at radius 3 is 2.54 bits per heavy atom. The number of carbonyl (C=O) groups is 1. The van der Waals surface area contributed by atoms with E-state index in [0.29, 0.717) is 5.76 Å². The molecule has 1 atom stereocenters. The molecule has 6 nitrogen and oxygen atoms in total. The lowest BCUT2D eigenvalue weighted by Gasteiger charge is -2.23. The number of nitrogens with one attached hydrogen (secondary N) is 1. The van der Waals surface area contributed by atoms with Crippen LogP contribution in [-0.2, 0) is 14.8 Å². The summed E-state index contributed by atoms with van der Waals surface area (Å²) in [6.07, 6.45) is 0.0524. The first-order valence-corrected chi connectivity index (χ1v) is 11.0. The van der Waals surface area contributed by atoms with Gasteiger partial charge in [0.15, 0.2) is 0 Å². The van der Waals surface area contributed by atoms with Crippen LogP contribution in [0.15, 0.2) is 68.4 Å². The zero-order valence-corrected chi connectivity index (χ0v) is 18.0. The Morgan fingerprint density at radius 1 is 1.18 bits per heavy atom. The topological polar surface area (TPSA) is 79.6 Å². The summed E-state index contributed by atoms with van der Waals surface area (Å²) in [5.74, 6) is 0.513. The molecule has 0 saturated heterocycles. The maximum atomic E-state index is 12.5. The van der Waals surface area contributed by atoms with Crippen LogP contribution in [0, 0.1) is 0 Å². The van der Waals surface area contributed by atoms with Crippen LogP contribution in [0.5, 0.6) is 0 Å². The highest BCUT2D eigenvalue weighted by atomic mass is 79.9. The molecule has 0 saturated carbocycles. The third-order valence-electron chi connectivity index (χ3n) is 4.59. The maximum absolute atomic E-state index is 12.5. The van der Waals surface area contributed by atoms with Crippen molar-refractivity contribution < 1.29 is 17.6 Å². The van der Waals surface area contributed by atoms with Gasteiger partial charge in [0.2, 0.25) is 15.9 Å². The lowest BCUT2D eigenvalue weighted by atomic mass is 10.2. The van der Waals surface area contributed by atoms with Gasteiger partial charge in [0, 0.05) is 29.9 Å². The van der Waals surface area contributed by atoms with Crippen LogP contribution in [-0.4, -0.2) is 32.8 Å². The smallest absolute Gasteiger partial charge is 0.240 e. The monoisotopic (exact) mass is 464 g/mol. The molecule has 1 amide bonds. The molecule has 148 valence electrons.